The Morgan fingerprint density at radius 2 is 1.06 bits per heavy atom. The van der Waals surface area contributed by atoms with E-state index in [9.17, 15) is 25.9 Å². The number of hydrogen-bond acceptors (Lipinski definition) is 6. The molecule has 0 aromatic heterocycles. The molecule has 0 aromatic rings. The van der Waals surface area contributed by atoms with Crippen molar-refractivity contribution < 1.29 is 25.9 Å². The summed E-state index contributed by atoms with van der Waals surface area (Å²) in [6, 6.07) is 0. The van der Waals surface area contributed by atoms with Crippen LogP contribution in [0.3, 0.4) is 0 Å². The zero-order valence-electron chi connectivity index (χ0n) is 9.70. The molecule has 96 valence electrons. The van der Waals surface area contributed by atoms with Crippen molar-refractivity contribution in [3.05, 3.63) is 23.0 Å². The summed E-state index contributed by atoms with van der Waals surface area (Å²) in [5.74, 6) is 0. The SMILES string of the molecule is CCC=CS(=O)(=O)[O-].CCC=CS(=O)(=O)[O-].[Ca+2]. The van der Waals surface area contributed by atoms with Gasteiger partial charge in [-0.05, 0) is 12.8 Å². The molecule has 0 aliphatic rings. The molecule has 0 spiro atoms. The first-order valence-electron chi connectivity index (χ1n) is 4.37. The van der Waals surface area contributed by atoms with Gasteiger partial charge in [0, 0.05) is 10.8 Å². The first kappa shape index (κ1) is 22.7. The zero-order chi connectivity index (χ0) is 13.2. The van der Waals surface area contributed by atoms with Gasteiger partial charge in [0.05, 0.1) is 0 Å². The van der Waals surface area contributed by atoms with E-state index in [1.165, 1.54) is 12.2 Å². The molecule has 0 aliphatic heterocycles. The average Bonchev–Trinajstić information content (AvgIpc) is 2.10. The molecule has 0 radical (unpaired) electrons. The molecule has 9 heteroatoms. The van der Waals surface area contributed by atoms with Gasteiger partial charge in [0.2, 0.25) is 0 Å². The number of allylic oxidation sites excluding steroid dienone is 2. The molecule has 0 aliphatic carbocycles. The van der Waals surface area contributed by atoms with Gasteiger partial charge in [0.15, 0.2) is 0 Å². The monoisotopic (exact) mass is 310 g/mol. The minimum atomic E-state index is -4.12. The molecule has 0 bridgehead atoms. The Hall–Kier alpha value is 0.560. The van der Waals surface area contributed by atoms with Gasteiger partial charge in [0.25, 0.3) is 0 Å². The summed E-state index contributed by atoms with van der Waals surface area (Å²) in [6.45, 7) is 3.50. The standard InChI is InChI=1S/2C4H8O3S.Ca/c2*1-2-3-4-8(5,6)7;/h2*3-4H,2H2,1H3,(H,5,6,7);/q;;+2/p-2. The van der Waals surface area contributed by atoms with Crippen molar-refractivity contribution in [1.29, 1.82) is 0 Å². The summed E-state index contributed by atoms with van der Waals surface area (Å²) < 4.78 is 58.5. The van der Waals surface area contributed by atoms with Crippen molar-refractivity contribution in [2.45, 2.75) is 26.7 Å². The normalized spacial score (nSPS) is 12.0. The minimum absolute atomic E-state index is 0. The molecular weight excluding hydrogens is 296 g/mol. The molecule has 0 N–H and O–H groups in total. The quantitative estimate of drug-likeness (QED) is 0.552. The van der Waals surface area contributed by atoms with Crippen molar-refractivity contribution in [3.63, 3.8) is 0 Å². The summed E-state index contributed by atoms with van der Waals surface area (Å²) in [6.07, 6.45) is 3.76. The number of hydrogen-bond donors (Lipinski definition) is 0. The fraction of sp³-hybridized carbons (Fsp3) is 0.500. The van der Waals surface area contributed by atoms with E-state index in [-0.39, 0.29) is 37.7 Å². The van der Waals surface area contributed by atoms with E-state index < -0.39 is 20.2 Å². The molecule has 17 heavy (non-hydrogen) atoms. The Balaban J connectivity index is -0.000000218. The predicted molar refractivity (Wildman–Crippen MR) is 64.0 cm³/mol. The molecule has 0 saturated heterocycles. The van der Waals surface area contributed by atoms with Crippen LogP contribution in [0.1, 0.15) is 26.7 Å². The van der Waals surface area contributed by atoms with E-state index in [0.29, 0.717) is 23.7 Å². The second-order valence-electron chi connectivity index (χ2n) is 2.55. The van der Waals surface area contributed by atoms with Crippen molar-refractivity contribution in [2.24, 2.45) is 0 Å². The van der Waals surface area contributed by atoms with Crippen molar-refractivity contribution in [1.82, 2.24) is 0 Å². The van der Waals surface area contributed by atoms with E-state index in [1.54, 1.807) is 13.8 Å². The molecule has 0 atom stereocenters. The third-order valence-corrected chi connectivity index (χ3v) is 2.05. The summed E-state index contributed by atoms with van der Waals surface area (Å²) in [7, 11) is -8.23. The van der Waals surface area contributed by atoms with Crippen LogP contribution in [0.15, 0.2) is 23.0 Å². The van der Waals surface area contributed by atoms with Gasteiger partial charge in [-0.15, -0.1) is 0 Å². The van der Waals surface area contributed by atoms with E-state index in [4.69, 9.17) is 0 Å². The molecule has 0 saturated carbocycles. The van der Waals surface area contributed by atoms with Crippen molar-refractivity contribution in [3.8, 4) is 0 Å². The Bertz CT molecular complexity index is 379. The minimum Gasteiger partial charge on any atom is -0.744 e. The van der Waals surface area contributed by atoms with Crippen molar-refractivity contribution in [2.75, 3.05) is 0 Å². The molecule has 0 rings (SSSR count). The van der Waals surface area contributed by atoms with Crippen LogP contribution in [0.2, 0.25) is 0 Å². The molecule has 0 unspecified atom stereocenters. The van der Waals surface area contributed by atoms with Gasteiger partial charge >= 0.3 is 37.7 Å². The van der Waals surface area contributed by atoms with Crippen LogP contribution in [-0.4, -0.2) is 63.7 Å². The summed E-state index contributed by atoms with van der Waals surface area (Å²) in [5.41, 5.74) is 0. The third kappa shape index (κ3) is 31.5. The van der Waals surface area contributed by atoms with Crippen LogP contribution in [-0.2, 0) is 20.2 Å². The Morgan fingerprint density at radius 3 is 1.12 bits per heavy atom. The smallest absolute Gasteiger partial charge is 0.744 e. The molecule has 0 aromatic carbocycles. The average molecular weight is 310 g/mol. The maximum absolute atomic E-state index is 9.75. The first-order valence-corrected chi connectivity index (χ1v) is 7.31. The Labute approximate surface area is 132 Å². The third-order valence-electron chi connectivity index (χ3n) is 0.997. The zero-order valence-corrected chi connectivity index (χ0v) is 13.5. The van der Waals surface area contributed by atoms with E-state index >= 15 is 0 Å². The van der Waals surface area contributed by atoms with Crippen LogP contribution in [0.25, 0.3) is 0 Å². The van der Waals surface area contributed by atoms with Crippen molar-refractivity contribution >= 4 is 58.0 Å². The summed E-state index contributed by atoms with van der Waals surface area (Å²) >= 11 is 0. The van der Waals surface area contributed by atoms with Gasteiger partial charge in [-0.2, -0.15) is 0 Å². The van der Waals surface area contributed by atoms with Crippen LogP contribution in [0.5, 0.6) is 0 Å². The van der Waals surface area contributed by atoms with Gasteiger partial charge < -0.3 is 9.11 Å². The van der Waals surface area contributed by atoms with Crippen LogP contribution in [0.4, 0.5) is 0 Å². The second-order valence-corrected chi connectivity index (χ2v) is 5.06. The maximum Gasteiger partial charge on any atom is 2.00 e. The molecule has 0 amide bonds. The first-order chi connectivity index (χ1) is 7.12. The van der Waals surface area contributed by atoms with Gasteiger partial charge in [0.1, 0.15) is 20.2 Å². The Morgan fingerprint density at radius 1 is 0.824 bits per heavy atom. The predicted octanol–water partition coefficient (Wildman–Crippen LogP) is 0.530. The molecule has 6 nitrogen and oxygen atoms in total. The Kier molecular flexibility index (Phi) is 15.6. The van der Waals surface area contributed by atoms with E-state index in [1.807, 2.05) is 0 Å². The van der Waals surface area contributed by atoms with Crippen LogP contribution < -0.4 is 0 Å². The molecule has 0 fully saturated rings. The van der Waals surface area contributed by atoms with Gasteiger partial charge in [-0.1, -0.05) is 26.0 Å². The van der Waals surface area contributed by atoms with Crippen LogP contribution >= 0.6 is 0 Å². The summed E-state index contributed by atoms with van der Waals surface area (Å²) in [4.78, 5) is 0. The van der Waals surface area contributed by atoms with E-state index in [2.05, 4.69) is 0 Å². The van der Waals surface area contributed by atoms with Gasteiger partial charge in [-0.3, -0.25) is 0 Å². The summed E-state index contributed by atoms with van der Waals surface area (Å²) in [5, 5.41) is 1.32. The maximum atomic E-state index is 9.75. The largest absolute Gasteiger partial charge is 2.00 e. The van der Waals surface area contributed by atoms with Gasteiger partial charge in [-0.25, -0.2) is 16.8 Å². The molecule has 0 heterocycles. The topological polar surface area (TPSA) is 114 Å². The van der Waals surface area contributed by atoms with Crippen LogP contribution in [0, 0.1) is 0 Å². The van der Waals surface area contributed by atoms with E-state index in [0.717, 1.165) is 0 Å². The fourth-order valence-electron chi connectivity index (χ4n) is 0.428. The second kappa shape index (κ2) is 11.6. The molecular formula is C8H14CaO6S2. The fourth-order valence-corrected chi connectivity index (χ4v) is 1.28. The number of rotatable bonds is 4.